The third-order valence-electron chi connectivity index (χ3n) is 13.8. The van der Waals surface area contributed by atoms with Gasteiger partial charge in [0.1, 0.15) is 13.2 Å². The van der Waals surface area contributed by atoms with Crippen molar-refractivity contribution in [3.05, 3.63) is 158 Å². The lowest BCUT2D eigenvalue weighted by molar-refractivity contribution is -0.870. The second-order valence-corrected chi connectivity index (χ2v) is 23.0. The van der Waals surface area contributed by atoms with Crippen LogP contribution in [0.1, 0.15) is 245 Å². The minimum Gasteiger partial charge on any atom is -0.545 e. The lowest BCUT2D eigenvalue weighted by atomic mass is 10.0. The lowest BCUT2D eigenvalue weighted by Gasteiger charge is -2.26. The van der Waals surface area contributed by atoms with E-state index in [2.05, 4.69) is 172 Å². The fraction of sp³-hybridized carbons (Fsp3) is 0.618. The highest BCUT2D eigenvalue weighted by Gasteiger charge is 2.22. The minimum atomic E-state index is -1.64. The number of carbonyl (C=O) groups is 3. The smallest absolute Gasteiger partial charge is 0.306 e. The summed E-state index contributed by atoms with van der Waals surface area (Å²) in [6.07, 6.45) is 93.2. The van der Waals surface area contributed by atoms with E-state index in [0.717, 1.165) is 116 Å². The Bertz CT molecular complexity index is 1950. The molecule has 85 heavy (non-hydrogen) atoms. The van der Waals surface area contributed by atoms with Gasteiger partial charge in [0.25, 0.3) is 0 Å². The van der Waals surface area contributed by atoms with Gasteiger partial charge >= 0.3 is 11.9 Å². The molecule has 0 amide bonds. The van der Waals surface area contributed by atoms with E-state index in [9.17, 15) is 19.5 Å². The minimum absolute atomic E-state index is 0.133. The molecule has 0 rings (SSSR count). The maximum absolute atomic E-state index is 12.9. The summed E-state index contributed by atoms with van der Waals surface area (Å²) in [5.74, 6) is -2.35. The number of likely N-dealkylation sites (N-methyl/N-ethyl adjacent to an activating group) is 1. The van der Waals surface area contributed by atoms with Crippen LogP contribution in [0.25, 0.3) is 0 Å². The third-order valence-corrected chi connectivity index (χ3v) is 13.8. The molecule has 2 atom stereocenters. The van der Waals surface area contributed by atoms with Crippen LogP contribution >= 0.6 is 0 Å². The molecule has 9 nitrogen and oxygen atoms in total. The molecule has 0 spiro atoms. The Labute approximate surface area is 521 Å². The number of nitrogens with zero attached hydrogens (tertiary/aromatic N) is 1. The molecule has 0 bridgehead atoms. The fourth-order valence-electron chi connectivity index (χ4n) is 8.70. The summed E-state index contributed by atoms with van der Waals surface area (Å²) < 4.78 is 22.7. The van der Waals surface area contributed by atoms with Crippen molar-refractivity contribution in [2.45, 2.75) is 257 Å². The highest BCUT2D eigenvalue weighted by molar-refractivity contribution is 5.70. The number of carbonyl (C=O) groups excluding carboxylic acids is 3. The van der Waals surface area contributed by atoms with Crippen molar-refractivity contribution in [3.8, 4) is 0 Å². The van der Waals surface area contributed by atoms with E-state index in [-0.39, 0.29) is 32.7 Å². The van der Waals surface area contributed by atoms with Gasteiger partial charge in [0, 0.05) is 12.8 Å². The number of carboxylic acids is 1. The van der Waals surface area contributed by atoms with Crippen LogP contribution in [0.4, 0.5) is 0 Å². The van der Waals surface area contributed by atoms with Crippen molar-refractivity contribution in [3.63, 3.8) is 0 Å². The molecule has 0 saturated carbocycles. The summed E-state index contributed by atoms with van der Waals surface area (Å²) in [5, 5.41) is 11.8. The van der Waals surface area contributed by atoms with Crippen LogP contribution in [0.3, 0.4) is 0 Å². The van der Waals surface area contributed by atoms with Crippen LogP contribution in [-0.4, -0.2) is 82.3 Å². The maximum atomic E-state index is 12.9. The molecule has 0 aliphatic carbocycles. The molecule has 0 heterocycles. The molecule has 9 heteroatoms. The summed E-state index contributed by atoms with van der Waals surface area (Å²) in [7, 11) is 5.91. The number of quaternary nitrogens is 1. The third kappa shape index (κ3) is 66.3. The number of hydrogen-bond donors (Lipinski definition) is 0. The van der Waals surface area contributed by atoms with Crippen LogP contribution in [0.2, 0.25) is 0 Å². The number of aliphatic carboxylic acids is 1. The van der Waals surface area contributed by atoms with Gasteiger partial charge in [0.15, 0.2) is 12.4 Å². The topological polar surface area (TPSA) is 111 Å². The summed E-state index contributed by atoms with van der Waals surface area (Å²) >= 11 is 0. The van der Waals surface area contributed by atoms with Crippen LogP contribution in [0.5, 0.6) is 0 Å². The second kappa shape index (κ2) is 64.9. The van der Waals surface area contributed by atoms with Crippen molar-refractivity contribution < 1.29 is 42.9 Å². The van der Waals surface area contributed by atoms with E-state index < -0.39 is 30.3 Å². The van der Waals surface area contributed by atoms with Gasteiger partial charge in [-0.25, -0.2) is 0 Å². The zero-order chi connectivity index (χ0) is 61.9. The standard InChI is InChI=1S/C76H123NO8/c1-6-8-10-12-14-16-18-20-22-24-26-28-29-30-31-32-33-34-35-36-37-38-39-40-41-42-43-44-45-47-49-51-53-55-57-59-61-63-65-67-74(79)85-72(71-84-76(75(80)81)82-69-68-77(3,4)5)70-83-73(78)66-64-62-60-58-56-54-52-50-48-46-27-25-23-21-19-17-15-13-11-9-7-2/h8-11,14-17,20-23,26-28,30-31,33-34,36-37,46,50,52,56,58,72,76H,6-7,12-13,18-19,24-25,29,32,35,38-45,47-49,51,53-55,57,59-71H2,1-5H3/b10-8-,11-9-,16-14-,17-15-,22-20-,23-21-,28-26-,31-30-,34-33-,37-36-,46-27-,52-50-,58-56-. The zero-order valence-corrected chi connectivity index (χ0v) is 54.7. The van der Waals surface area contributed by atoms with E-state index in [1.165, 1.54) is 89.9 Å². The quantitative estimate of drug-likeness (QED) is 0.0195. The molecule has 0 saturated heterocycles. The molecule has 0 radical (unpaired) electrons. The average Bonchev–Trinajstić information content (AvgIpc) is 3.49. The summed E-state index contributed by atoms with van der Waals surface area (Å²) in [6.45, 7) is 4.46. The normalized spacial score (nSPS) is 13.8. The molecule has 0 aliphatic heterocycles. The van der Waals surface area contributed by atoms with E-state index in [1.807, 2.05) is 21.1 Å². The largest absolute Gasteiger partial charge is 0.545 e. The van der Waals surface area contributed by atoms with Crippen molar-refractivity contribution >= 4 is 17.9 Å². The Morgan fingerprint density at radius 1 is 0.353 bits per heavy atom. The number of ether oxygens (including phenoxy) is 4. The Morgan fingerprint density at radius 3 is 0.965 bits per heavy atom. The van der Waals surface area contributed by atoms with Crippen LogP contribution in [0, 0.1) is 0 Å². The van der Waals surface area contributed by atoms with E-state index in [0.29, 0.717) is 23.9 Å². The summed E-state index contributed by atoms with van der Waals surface area (Å²) in [5.41, 5.74) is 0. The Hall–Kier alpha value is -5.09. The molecular formula is C76H123NO8. The van der Waals surface area contributed by atoms with Crippen LogP contribution < -0.4 is 5.11 Å². The van der Waals surface area contributed by atoms with E-state index in [1.54, 1.807) is 0 Å². The Kier molecular flexibility index (Phi) is 61.0. The van der Waals surface area contributed by atoms with Gasteiger partial charge in [-0.15, -0.1) is 0 Å². The molecule has 0 aliphatic rings. The zero-order valence-electron chi connectivity index (χ0n) is 54.7. The number of unbranched alkanes of at least 4 members (excludes halogenated alkanes) is 19. The lowest BCUT2D eigenvalue weighted by Crippen LogP contribution is -2.44. The molecule has 0 aromatic rings. The summed E-state index contributed by atoms with van der Waals surface area (Å²) in [6, 6.07) is 0. The first-order valence-corrected chi connectivity index (χ1v) is 33.6. The first-order valence-electron chi connectivity index (χ1n) is 33.6. The number of esters is 2. The maximum Gasteiger partial charge on any atom is 0.306 e. The van der Waals surface area contributed by atoms with Gasteiger partial charge in [-0.3, -0.25) is 9.59 Å². The Morgan fingerprint density at radius 2 is 0.635 bits per heavy atom. The molecule has 2 unspecified atom stereocenters. The van der Waals surface area contributed by atoms with Crippen molar-refractivity contribution in [2.24, 2.45) is 0 Å². The van der Waals surface area contributed by atoms with Crippen LogP contribution in [0.15, 0.2) is 158 Å². The fourth-order valence-corrected chi connectivity index (χ4v) is 8.70. The average molecular weight is 1180 g/mol. The van der Waals surface area contributed by atoms with Gasteiger partial charge in [-0.2, -0.15) is 0 Å². The molecule has 480 valence electrons. The van der Waals surface area contributed by atoms with Crippen molar-refractivity contribution in [2.75, 3.05) is 47.5 Å². The molecule has 0 fully saturated rings. The summed E-state index contributed by atoms with van der Waals surface area (Å²) in [4.78, 5) is 37.4. The molecule has 0 aromatic carbocycles. The van der Waals surface area contributed by atoms with Gasteiger partial charge in [0.2, 0.25) is 0 Å². The predicted octanol–water partition coefficient (Wildman–Crippen LogP) is 19.6. The Balaban J connectivity index is 4.15. The highest BCUT2D eigenvalue weighted by atomic mass is 16.7. The van der Waals surface area contributed by atoms with Gasteiger partial charge in [0.05, 0.1) is 40.3 Å². The molecule has 0 N–H and O–H groups in total. The predicted molar refractivity (Wildman–Crippen MR) is 361 cm³/mol. The van der Waals surface area contributed by atoms with Gasteiger partial charge in [-0.1, -0.05) is 268 Å². The van der Waals surface area contributed by atoms with Crippen LogP contribution in [-0.2, 0) is 33.3 Å². The highest BCUT2D eigenvalue weighted by Crippen LogP contribution is 2.16. The first kappa shape index (κ1) is 79.9. The van der Waals surface area contributed by atoms with Crippen molar-refractivity contribution in [1.82, 2.24) is 0 Å². The number of carboxylic acid groups (broad SMARTS) is 1. The molecular weight excluding hydrogens is 1050 g/mol. The number of allylic oxidation sites excluding steroid dienone is 26. The molecule has 0 aromatic heterocycles. The van der Waals surface area contributed by atoms with E-state index in [4.69, 9.17) is 18.9 Å². The monoisotopic (exact) mass is 1180 g/mol. The van der Waals surface area contributed by atoms with Gasteiger partial charge < -0.3 is 33.3 Å². The van der Waals surface area contributed by atoms with Gasteiger partial charge in [-0.05, 0) is 122 Å². The SMILES string of the molecule is CC/C=C\C/C=C\C/C=C\C/C=C\C/C=C\C/C=C\C/C=C\CCCCCCCCCCCCCCCCCCCC(=O)OC(COC(=O)CCCC/C=C\C/C=C\C/C=C\C/C=C\C/C=C\C/C=C\CC)COC(OCC[N+](C)(C)C)C(=O)[O-]. The van der Waals surface area contributed by atoms with E-state index >= 15 is 0 Å². The number of rotatable bonds is 60. The second-order valence-electron chi connectivity index (χ2n) is 23.0. The first-order chi connectivity index (χ1) is 41.6. The number of hydrogen-bond acceptors (Lipinski definition) is 8. The van der Waals surface area contributed by atoms with Crippen molar-refractivity contribution in [1.29, 1.82) is 0 Å².